The van der Waals surface area contributed by atoms with E-state index in [0.717, 1.165) is 13.2 Å². The fourth-order valence-electron chi connectivity index (χ4n) is 0.426. The first-order valence-electron chi connectivity index (χ1n) is 9.16. The molecule has 0 aromatic carbocycles. The summed E-state index contributed by atoms with van der Waals surface area (Å²) in [6, 6.07) is 0. The van der Waals surface area contributed by atoms with Crippen LogP contribution in [-0.2, 0) is 19.3 Å². The first-order chi connectivity index (χ1) is 15.2. The Balaban J connectivity index is -0.0000000230. The number of hydrogen-bond donors (Lipinski definition) is 3. The molecule has 3 N–H and O–H groups in total. The lowest BCUT2D eigenvalue weighted by Gasteiger charge is -2.00. The van der Waals surface area contributed by atoms with Gasteiger partial charge in [-0.25, -0.2) is 4.18 Å². The number of rotatable bonds is 6. The van der Waals surface area contributed by atoms with Crippen molar-refractivity contribution in [3.8, 4) is 0 Å². The van der Waals surface area contributed by atoms with E-state index in [2.05, 4.69) is 96.3 Å². The number of ether oxygens (including phenoxy) is 1. The van der Waals surface area contributed by atoms with Crippen molar-refractivity contribution in [2.75, 3.05) is 33.0 Å². The van der Waals surface area contributed by atoms with Crippen LogP contribution in [0.5, 0.6) is 0 Å². The van der Waals surface area contributed by atoms with Gasteiger partial charge in [-0.05, 0) is 19.8 Å². The highest BCUT2D eigenvalue weighted by Gasteiger charge is 2.04. The van der Waals surface area contributed by atoms with Crippen LogP contribution < -0.4 is 0 Å². The molecule has 0 aliphatic heterocycles. The van der Waals surface area contributed by atoms with Gasteiger partial charge in [-0.2, -0.15) is 8.42 Å². The molecule has 0 rings (SSSR count). The fourth-order valence-corrected chi connectivity index (χ4v) is 0.870. The maximum atomic E-state index is 9.87. The van der Waals surface area contributed by atoms with Crippen LogP contribution in [0.4, 0.5) is 0 Å². The molecule has 8 heteroatoms. The van der Waals surface area contributed by atoms with Gasteiger partial charge < -0.3 is 14.9 Å². The highest BCUT2D eigenvalue weighted by atomic mass is 32.3. The zero-order valence-electron chi connectivity index (χ0n) is 21.4. The summed E-state index contributed by atoms with van der Waals surface area (Å²) in [5.74, 6) is 0.104. The van der Waals surface area contributed by atoms with Gasteiger partial charge in [0.25, 0.3) is 0 Å². The van der Waals surface area contributed by atoms with Crippen molar-refractivity contribution in [3.05, 3.63) is 92.1 Å². The Morgan fingerprint density at radius 2 is 0.875 bits per heavy atom. The lowest BCUT2D eigenvalue weighted by molar-refractivity contribution is 0.162. The van der Waals surface area contributed by atoms with Crippen molar-refractivity contribution in [1.82, 2.24) is 0 Å². The van der Waals surface area contributed by atoms with E-state index in [4.69, 9.17) is 19.5 Å². The first-order valence-corrected chi connectivity index (χ1v) is 10.5. The third-order valence-electron chi connectivity index (χ3n) is 1.06. The van der Waals surface area contributed by atoms with Crippen molar-refractivity contribution in [1.29, 1.82) is 0 Å². The molecule has 0 saturated heterocycles. The minimum absolute atomic E-state index is 0.0266. The SMILES string of the molecule is C=C.C=C.C=C.C=C.C=C.C=C.C=C.CC(C)COS(=O)(=O)O.CCOCC.OCCO. The Morgan fingerprint density at radius 1 is 0.656 bits per heavy atom. The van der Waals surface area contributed by atoms with Crippen molar-refractivity contribution >= 4 is 10.4 Å². The van der Waals surface area contributed by atoms with Crippen LogP contribution in [0.2, 0.25) is 0 Å². The molecule has 0 unspecified atom stereocenters. The van der Waals surface area contributed by atoms with Gasteiger partial charge in [0, 0.05) is 13.2 Å². The Labute approximate surface area is 201 Å². The van der Waals surface area contributed by atoms with E-state index in [0.29, 0.717) is 0 Å². The van der Waals surface area contributed by atoms with Gasteiger partial charge in [-0.1, -0.05) is 13.8 Å². The van der Waals surface area contributed by atoms with Gasteiger partial charge in [0.15, 0.2) is 0 Å². The van der Waals surface area contributed by atoms with Crippen LogP contribution in [0.15, 0.2) is 92.1 Å². The summed E-state index contributed by atoms with van der Waals surface area (Å²) in [6.45, 7) is 51.0. The largest absolute Gasteiger partial charge is 0.397 e. The minimum Gasteiger partial charge on any atom is -0.394 e. The molecule has 0 amide bonds. The van der Waals surface area contributed by atoms with E-state index in [1.54, 1.807) is 13.8 Å². The van der Waals surface area contributed by atoms with Gasteiger partial charge in [-0.3, -0.25) is 4.55 Å². The van der Waals surface area contributed by atoms with Gasteiger partial charge in [0.1, 0.15) is 0 Å². The molecule has 0 bridgehead atoms. The fraction of sp³-hybridized carbons (Fsp3) is 0.417. The van der Waals surface area contributed by atoms with E-state index < -0.39 is 10.4 Å². The van der Waals surface area contributed by atoms with E-state index in [1.807, 2.05) is 13.8 Å². The van der Waals surface area contributed by atoms with Crippen molar-refractivity contribution in [3.63, 3.8) is 0 Å². The zero-order valence-corrected chi connectivity index (χ0v) is 22.2. The lowest BCUT2D eigenvalue weighted by Crippen LogP contribution is -2.08. The minimum atomic E-state index is -4.22. The Morgan fingerprint density at radius 3 is 0.906 bits per heavy atom. The molecule has 0 aliphatic rings. The summed E-state index contributed by atoms with van der Waals surface area (Å²) in [6.07, 6.45) is 0. The summed E-state index contributed by atoms with van der Waals surface area (Å²) in [4.78, 5) is 0. The van der Waals surface area contributed by atoms with Gasteiger partial charge in [0.2, 0.25) is 0 Å². The molecule has 32 heavy (non-hydrogen) atoms. The highest BCUT2D eigenvalue weighted by Crippen LogP contribution is 1.95. The second kappa shape index (κ2) is 116. The number of aliphatic hydroxyl groups is 2. The Bertz CT molecular complexity index is 299. The first kappa shape index (κ1) is 63.1. The van der Waals surface area contributed by atoms with Gasteiger partial charge in [-0.15, -0.1) is 92.1 Å². The van der Waals surface area contributed by atoms with Crippen LogP contribution in [0.1, 0.15) is 27.7 Å². The van der Waals surface area contributed by atoms with Crippen LogP contribution in [0.3, 0.4) is 0 Å². The molecule has 0 radical (unpaired) electrons. The monoisotopic (exact) mass is 486 g/mol. The van der Waals surface area contributed by atoms with Crippen LogP contribution in [0, 0.1) is 5.92 Å². The smallest absolute Gasteiger partial charge is 0.394 e. The van der Waals surface area contributed by atoms with E-state index in [9.17, 15) is 8.42 Å². The molecule has 0 spiro atoms. The van der Waals surface area contributed by atoms with Gasteiger partial charge >= 0.3 is 10.4 Å². The average molecular weight is 487 g/mol. The molecule has 0 aliphatic carbocycles. The highest BCUT2D eigenvalue weighted by molar-refractivity contribution is 7.80. The molecule has 0 aromatic rings. The molecule has 0 heterocycles. The van der Waals surface area contributed by atoms with E-state index in [1.165, 1.54) is 0 Å². The average Bonchev–Trinajstić information content (AvgIpc) is 2.87. The summed E-state index contributed by atoms with van der Waals surface area (Å²) < 4.78 is 36.6. The Kier molecular flexibility index (Phi) is 229. The van der Waals surface area contributed by atoms with Crippen LogP contribution in [0.25, 0.3) is 0 Å². The zero-order chi connectivity index (χ0) is 29.0. The van der Waals surface area contributed by atoms with Crippen LogP contribution >= 0.6 is 0 Å². The number of aliphatic hydroxyl groups excluding tert-OH is 2. The molecular formula is C24H54O7S. The third kappa shape index (κ3) is 422. The van der Waals surface area contributed by atoms with Crippen molar-refractivity contribution in [2.24, 2.45) is 5.92 Å². The quantitative estimate of drug-likeness (QED) is 0.307. The maximum absolute atomic E-state index is 9.87. The molecule has 0 fully saturated rings. The summed E-state index contributed by atoms with van der Waals surface area (Å²) >= 11 is 0. The number of hydrogen-bond acceptors (Lipinski definition) is 6. The molecule has 0 saturated carbocycles. The lowest BCUT2D eigenvalue weighted by atomic mass is 10.2. The molecular weight excluding hydrogens is 432 g/mol. The van der Waals surface area contributed by atoms with E-state index >= 15 is 0 Å². The summed E-state index contributed by atoms with van der Waals surface area (Å²) in [5.41, 5.74) is 0. The summed E-state index contributed by atoms with van der Waals surface area (Å²) in [5, 5.41) is 15.2. The van der Waals surface area contributed by atoms with Crippen molar-refractivity contribution in [2.45, 2.75) is 27.7 Å². The normalized spacial score (nSPS) is 6.62. The second-order valence-corrected chi connectivity index (χ2v) is 4.43. The standard InChI is InChI=1S/C4H10O4S.C4H10O.C2H6O2.7C2H4/c1-4(2)3-8-9(5,6)7;1-3-5-4-2;3-1-2-4;7*1-2/h4H,3H2,1-2H3,(H,5,6,7);3-4H2,1-2H3;3-4H,1-2H2;7*1-2H2. The van der Waals surface area contributed by atoms with Gasteiger partial charge in [0.05, 0.1) is 19.8 Å². The second-order valence-electron chi connectivity index (χ2n) is 3.33. The molecule has 0 aromatic heterocycles. The molecule has 0 atom stereocenters. The Hall–Kier alpha value is -2.07. The predicted molar refractivity (Wildman–Crippen MR) is 147 cm³/mol. The van der Waals surface area contributed by atoms with Crippen LogP contribution in [-0.4, -0.2) is 56.2 Å². The molecule has 7 nitrogen and oxygen atoms in total. The molecule has 198 valence electrons. The summed E-state index contributed by atoms with van der Waals surface area (Å²) in [7, 11) is -4.22. The van der Waals surface area contributed by atoms with Crippen molar-refractivity contribution < 1.29 is 32.1 Å². The topological polar surface area (TPSA) is 113 Å². The predicted octanol–water partition coefficient (Wildman–Crippen LogP) is 6.09. The third-order valence-corrected chi connectivity index (χ3v) is 1.49. The van der Waals surface area contributed by atoms with E-state index in [-0.39, 0.29) is 25.7 Å². The maximum Gasteiger partial charge on any atom is 0.397 e.